The van der Waals surface area contributed by atoms with Gasteiger partial charge < -0.3 is 11.1 Å². The van der Waals surface area contributed by atoms with Crippen LogP contribution in [0.25, 0.3) is 0 Å². The van der Waals surface area contributed by atoms with E-state index in [1.165, 1.54) is 11.1 Å². The van der Waals surface area contributed by atoms with E-state index in [0.29, 0.717) is 6.54 Å². The second-order valence-electron chi connectivity index (χ2n) is 5.70. The van der Waals surface area contributed by atoms with E-state index in [1.54, 1.807) is 0 Å². The molecule has 1 aromatic carbocycles. The number of rotatable bonds is 7. The molecular formula is C17H28N2O. The van der Waals surface area contributed by atoms with Crippen molar-refractivity contribution in [2.24, 2.45) is 11.1 Å². The molecule has 112 valence electrons. The quantitative estimate of drug-likeness (QED) is 0.804. The van der Waals surface area contributed by atoms with Gasteiger partial charge in [0.2, 0.25) is 5.91 Å². The highest BCUT2D eigenvalue weighted by Gasteiger charge is 2.33. The van der Waals surface area contributed by atoms with Crippen molar-refractivity contribution >= 4 is 5.91 Å². The first-order valence-corrected chi connectivity index (χ1v) is 7.54. The van der Waals surface area contributed by atoms with E-state index in [2.05, 4.69) is 31.3 Å². The molecule has 0 aromatic heterocycles. The summed E-state index contributed by atoms with van der Waals surface area (Å²) in [6.45, 7) is 8.62. The number of nitrogens with two attached hydrogens (primary N) is 1. The lowest BCUT2D eigenvalue weighted by molar-refractivity contribution is -0.131. The SMILES string of the molecule is CCC(CC)(CN)C(=O)NC(C)Cc1ccccc1C. The predicted octanol–water partition coefficient (Wildman–Crippen LogP) is 2.81. The molecule has 1 aromatic rings. The molecule has 3 N–H and O–H groups in total. The highest BCUT2D eigenvalue weighted by molar-refractivity contribution is 5.83. The van der Waals surface area contributed by atoms with E-state index in [1.807, 2.05) is 26.0 Å². The van der Waals surface area contributed by atoms with Crippen LogP contribution in [0.3, 0.4) is 0 Å². The molecule has 0 saturated heterocycles. The van der Waals surface area contributed by atoms with Crippen LogP contribution in [-0.2, 0) is 11.2 Å². The molecule has 1 atom stereocenters. The Morgan fingerprint density at radius 3 is 2.40 bits per heavy atom. The number of carbonyl (C=O) groups excluding carboxylic acids is 1. The van der Waals surface area contributed by atoms with Crippen LogP contribution in [0.4, 0.5) is 0 Å². The summed E-state index contributed by atoms with van der Waals surface area (Å²) in [5, 5.41) is 3.13. The molecule has 0 saturated carbocycles. The average Bonchev–Trinajstić information content (AvgIpc) is 2.44. The molecular weight excluding hydrogens is 248 g/mol. The summed E-state index contributed by atoms with van der Waals surface area (Å²) in [5.41, 5.74) is 7.96. The number of amides is 1. The number of hydrogen-bond donors (Lipinski definition) is 2. The first kappa shape index (κ1) is 16.7. The molecule has 1 amide bonds. The smallest absolute Gasteiger partial charge is 0.227 e. The number of nitrogens with one attached hydrogen (secondary N) is 1. The van der Waals surface area contributed by atoms with Crippen LogP contribution in [0, 0.1) is 12.3 Å². The minimum atomic E-state index is -0.417. The van der Waals surface area contributed by atoms with Gasteiger partial charge in [-0.3, -0.25) is 4.79 Å². The third-order valence-electron chi connectivity index (χ3n) is 4.39. The summed E-state index contributed by atoms with van der Waals surface area (Å²) in [7, 11) is 0. The summed E-state index contributed by atoms with van der Waals surface area (Å²) in [6, 6.07) is 8.42. The first-order valence-electron chi connectivity index (χ1n) is 7.54. The van der Waals surface area contributed by atoms with E-state index in [-0.39, 0.29) is 11.9 Å². The van der Waals surface area contributed by atoms with Gasteiger partial charge in [-0.2, -0.15) is 0 Å². The molecule has 0 fully saturated rings. The van der Waals surface area contributed by atoms with E-state index < -0.39 is 5.41 Å². The third kappa shape index (κ3) is 3.83. The molecule has 0 heterocycles. The second kappa shape index (κ2) is 7.44. The van der Waals surface area contributed by atoms with E-state index in [9.17, 15) is 4.79 Å². The van der Waals surface area contributed by atoms with Crippen molar-refractivity contribution in [2.45, 2.75) is 53.0 Å². The maximum absolute atomic E-state index is 12.5. The zero-order valence-electron chi connectivity index (χ0n) is 13.2. The van der Waals surface area contributed by atoms with Gasteiger partial charge in [-0.25, -0.2) is 0 Å². The van der Waals surface area contributed by atoms with Crippen LogP contribution in [0.1, 0.15) is 44.7 Å². The largest absolute Gasteiger partial charge is 0.353 e. The van der Waals surface area contributed by atoms with Gasteiger partial charge in [0.25, 0.3) is 0 Å². The Bertz CT molecular complexity index is 430. The van der Waals surface area contributed by atoms with Crippen LogP contribution in [0.2, 0.25) is 0 Å². The number of hydrogen-bond acceptors (Lipinski definition) is 2. The van der Waals surface area contributed by atoms with Crippen molar-refractivity contribution in [2.75, 3.05) is 6.54 Å². The molecule has 1 unspecified atom stereocenters. The van der Waals surface area contributed by atoms with Gasteiger partial charge in [-0.1, -0.05) is 38.1 Å². The van der Waals surface area contributed by atoms with Crippen LogP contribution < -0.4 is 11.1 Å². The Morgan fingerprint density at radius 2 is 1.90 bits per heavy atom. The van der Waals surface area contributed by atoms with Crippen LogP contribution in [0.15, 0.2) is 24.3 Å². The molecule has 0 aliphatic rings. The van der Waals surface area contributed by atoms with Crippen molar-refractivity contribution in [3.05, 3.63) is 35.4 Å². The fraction of sp³-hybridized carbons (Fsp3) is 0.588. The number of aryl methyl sites for hydroxylation is 1. The van der Waals surface area contributed by atoms with Gasteiger partial charge in [0, 0.05) is 12.6 Å². The molecule has 3 nitrogen and oxygen atoms in total. The van der Waals surface area contributed by atoms with Gasteiger partial charge in [-0.15, -0.1) is 0 Å². The molecule has 0 spiro atoms. The van der Waals surface area contributed by atoms with Crippen LogP contribution in [-0.4, -0.2) is 18.5 Å². The summed E-state index contributed by atoms with van der Waals surface area (Å²) < 4.78 is 0. The fourth-order valence-corrected chi connectivity index (χ4v) is 2.55. The lowest BCUT2D eigenvalue weighted by Crippen LogP contribution is -2.48. The Labute approximate surface area is 122 Å². The third-order valence-corrected chi connectivity index (χ3v) is 4.39. The standard InChI is InChI=1S/C17H28N2O/c1-5-17(6-2,12-18)16(20)19-14(4)11-15-10-8-7-9-13(15)3/h7-10,14H,5-6,11-12,18H2,1-4H3,(H,19,20). The van der Waals surface area contributed by atoms with Gasteiger partial charge in [0.05, 0.1) is 5.41 Å². The Kier molecular flexibility index (Phi) is 6.21. The monoisotopic (exact) mass is 276 g/mol. The Balaban J connectivity index is 2.69. The van der Waals surface area contributed by atoms with E-state index >= 15 is 0 Å². The van der Waals surface area contributed by atoms with Gasteiger partial charge in [0.15, 0.2) is 0 Å². The second-order valence-corrected chi connectivity index (χ2v) is 5.70. The first-order chi connectivity index (χ1) is 9.49. The van der Waals surface area contributed by atoms with Crippen molar-refractivity contribution in [3.63, 3.8) is 0 Å². The molecule has 20 heavy (non-hydrogen) atoms. The maximum Gasteiger partial charge on any atom is 0.227 e. The molecule has 0 aliphatic carbocycles. The zero-order chi connectivity index (χ0) is 15.2. The normalized spacial score (nSPS) is 13.1. The molecule has 1 rings (SSSR count). The average molecular weight is 276 g/mol. The highest BCUT2D eigenvalue weighted by Crippen LogP contribution is 2.25. The fourth-order valence-electron chi connectivity index (χ4n) is 2.55. The lowest BCUT2D eigenvalue weighted by Gasteiger charge is -2.30. The maximum atomic E-state index is 12.5. The van der Waals surface area contributed by atoms with Crippen LogP contribution in [0.5, 0.6) is 0 Å². The van der Waals surface area contributed by atoms with Crippen LogP contribution >= 0.6 is 0 Å². The lowest BCUT2D eigenvalue weighted by atomic mass is 9.81. The minimum absolute atomic E-state index is 0.0890. The van der Waals surface area contributed by atoms with E-state index in [4.69, 9.17) is 5.73 Å². The van der Waals surface area contributed by atoms with Crippen molar-refractivity contribution < 1.29 is 4.79 Å². The van der Waals surface area contributed by atoms with Crippen molar-refractivity contribution in [3.8, 4) is 0 Å². The molecule has 0 bridgehead atoms. The predicted molar refractivity (Wildman–Crippen MR) is 84.6 cm³/mol. The van der Waals surface area contributed by atoms with Crippen molar-refractivity contribution in [1.82, 2.24) is 5.32 Å². The Morgan fingerprint density at radius 1 is 1.30 bits per heavy atom. The topological polar surface area (TPSA) is 55.1 Å². The zero-order valence-corrected chi connectivity index (χ0v) is 13.2. The summed E-state index contributed by atoms with van der Waals surface area (Å²) in [6.07, 6.45) is 2.42. The van der Waals surface area contributed by atoms with E-state index in [0.717, 1.165) is 19.3 Å². The van der Waals surface area contributed by atoms with Gasteiger partial charge in [0.1, 0.15) is 0 Å². The number of benzene rings is 1. The molecule has 3 heteroatoms. The summed E-state index contributed by atoms with van der Waals surface area (Å²) in [4.78, 5) is 12.5. The molecule has 0 aliphatic heterocycles. The van der Waals surface area contributed by atoms with Gasteiger partial charge >= 0.3 is 0 Å². The number of carbonyl (C=O) groups is 1. The molecule has 0 radical (unpaired) electrons. The van der Waals surface area contributed by atoms with Crippen molar-refractivity contribution in [1.29, 1.82) is 0 Å². The minimum Gasteiger partial charge on any atom is -0.353 e. The summed E-state index contributed by atoms with van der Waals surface area (Å²) in [5.74, 6) is 0.0890. The highest BCUT2D eigenvalue weighted by atomic mass is 16.2. The summed E-state index contributed by atoms with van der Waals surface area (Å²) >= 11 is 0. The van der Waals surface area contributed by atoms with Gasteiger partial charge in [-0.05, 0) is 44.2 Å². The Hall–Kier alpha value is -1.35.